The first kappa shape index (κ1) is 37.1. The third-order valence-corrected chi connectivity index (χ3v) is 10.2. The van der Waals surface area contributed by atoms with Crippen molar-refractivity contribution in [3.8, 4) is 5.75 Å². The Morgan fingerprint density at radius 2 is 1.80 bits per heavy atom. The molecule has 1 aromatic carbocycles. The highest BCUT2D eigenvalue weighted by Gasteiger charge is 2.38. The van der Waals surface area contributed by atoms with Crippen molar-refractivity contribution in [1.29, 1.82) is 0 Å². The topological polar surface area (TPSA) is 198 Å². The smallest absolute Gasteiger partial charge is 0.264 e. The number of hydrogen-bond acceptors (Lipinski definition) is 8. The molecule has 2 aliphatic rings. The number of carbonyl (C=O) groups is 3. The predicted molar refractivity (Wildman–Crippen MR) is 178 cm³/mol. The molecule has 1 saturated heterocycles. The Kier molecular flexibility index (Phi) is 12.1. The maximum atomic E-state index is 13.7. The molecule has 0 aromatic heterocycles. The molecule has 258 valence electrons. The monoisotopic (exact) mass is 663 g/mol. The number of benzene rings is 1. The first-order valence-corrected chi connectivity index (χ1v) is 17.7. The molecule has 3 rings (SSSR count). The highest BCUT2D eigenvalue weighted by Crippen LogP contribution is 2.43. The number of nitrogens with zero attached hydrogens (tertiary/aromatic N) is 2. The van der Waals surface area contributed by atoms with Crippen molar-refractivity contribution in [3.63, 3.8) is 0 Å². The Morgan fingerprint density at radius 3 is 2.43 bits per heavy atom. The molecule has 2 aliphatic heterocycles. The van der Waals surface area contributed by atoms with Gasteiger partial charge in [0.25, 0.3) is 10.0 Å². The minimum absolute atomic E-state index is 0.0923. The van der Waals surface area contributed by atoms with Gasteiger partial charge < -0.3 is 31.7 Å². The normalized spacial score (nSPS) is 19.0. The van der Waals surface area contributed by atoms with Crippen LogP contribution in [0.1, 0.15) is 89.0 Å². The second kappa shape index (κ2) is 15.0. The number of nitrogens with two attached hydrogens (primary N) is 2. The lowest BCUT2D eigenvalue weighted by Crippen LogP contribution is -2.55. The lowest BCUT2D eigenvalue weighted by molar-refractivity contribution is -0.141. The molecule has 0 bridgehead atoms. The summed E-state index contributed by atoms with van der Waals surface area (Å²) in [6, 6.07) is -2.32. The Balaban J connectivity index is 1.73. The molecule has 1 fully saturated rings. The SMILES string of the molecule is CCNC(=O)[C@@H]1CCCN1C(=O)[C@H](CCCN=C(N)NS(=O)(=O)c1c(C)c(C)c2c(c1C)CC(C)(C)O2)NC(=O)[C@@H](N)CC(C)C. The molecule has 1 aromatic rings. The number of ether oxygens (including phenoxy) is 1. The van der Waals surface area contributed by atoms with Gasteiger partial charge in [0, 0.05) is 31.6 Å². The second-order valence-electron chi connectivity index (χ2n) is 13.4. The lowest BCUT2D eigenvalue weighted by atomic mass is 9.94. The Hall–Kier alpha value is -3.39. The average Bonchev–Trinajstić information content (AvgIpc) is 3.57. The number of nitrogens with one attached hydrogen (secondary N) is 3. The summed E-state index contributed by atoms with van der Waals surface area (Å²) in [5, 5.41) is 5.57. The molecule has 0 aliphatic carbocycles. The van der Waals surface area contributed by atoms with Gasteiger partial charge in [-0.1, -0.05) is 13.8 Å². The van der Waals surface area contributed by atoms with E-state index in [2.05, 4.69) is 20.3 Å². The largest absolute Gasteiger partial charge is 0.487 e. The van der Waals surface area contributed by atoms with Crippen LogP contribution in [0.5, 0.6) is 5.75 Å². The van der Waals surface area contributed by atoms with Crippen LogP contribution in [0.15, 0.2) is 9.89 Å². The number of rotatable bonds is 13. The number of aliphatic imine (C=N–C) groups is 1. The van der Waals surface area contributed by atoms with Crippen LogP contribution in [0, 0.1) is 26.7 Å². The standard InChI is InChI=1S/C32H53N7O6S/c1-9-35-29(41)25-13-11-15-39(25)30(42)24(37-28(40)23(33)16-18(2)3)12-10-14-36-31(34)38-46(43,44)27-20(5)19(4)26-22(21(27)6)17-32(7,8)45-26/h18,23-25H,9-17,33H2,1-8H3,(H,35,41)(H,37,40)(H3,34,36,38)/t23-,24-,25-/m0/s1. The van der Waals surface area contributed by atoms with Crippen molar-refractivity contribution in [1.82, 2.24) is 20.3 Å². The Labute approximate surface area is 273 Å². The number of likely N-dealkylation sites (tertiary alicyclic amines) is 1. The fourth-order valence-electron chi connectivity index (χ4n) is 6.31. The maximum Gasteiger partial charge on any atom is 0.264 e. The molecular formula is C32H53N7O6S. The summed E-state index contributed by atoms with van der Waals surface area (Å²) in [6.07, 6.45) is 2.75. The summed E-state index contributed by atoms with van der Waals surface area (Å²) in [5.41, 5.74) is 14.5. The maximum absolute atomic E-state index is 13.7. The molecule has 7 N–H and O–H groups in total. The van der Waals surface area contributed by atoms with Gasteiger partial charge in [-0.05, 0) is 96.3 Å². The summed E-state index contributed by atoms with van der Waals surface area (Å²) in [6.45, 7) is 16.0. The number of fused-ring (bicyclic) bond motifs is 1. The van der Waals surface area contributed by atoms with E-state index in [1.165, 1.54) is 4.90 Å². The van der Waals surface area contributed by atoms with E-state index in [4.69, 9.17) is 16.2 Å². The van der Waals surface area contributed by atoms with Crippen molar-refractivity contribution in [2.24, 2.45) is 22.4 Å². The number of sulfonamides is 1. The van der Waals surface area contributed by atoms with E-state index in [-0.39, 0.29) is 41.6 Å². The highest BCUT2D eigenvalue weighted by atomic mass is 32.2. The molecule has 14 heteroatoms. The van der Waals surface area contributed by atoms with E-state index in [0.717, 1.165) is 16.9 Å². The molecule has 0 unspecified atom stereocenters. The van der Waals surface area contributed by atoms with E-state index in [1.54, 1.807) is 13.8 Å². The molecule has 13 nitrogen and oxygen atoms in total. The van der Waals surface area contributed by atoms with Crippen LogP contribution in [-0.4, -0.2) is 80.4 Å². The van der Waals surface area contributed by atoms with Crippen LogP contribution < -0.4 is 31.6 Å². The molecule has 3 atom stereocenters. The number of amides is 3. The van der Waals surface area contributed by atoms with Crippen LogP contribution in [0.3, 0.4) is 0 Å². The summed E-state index contributed by atoms with van der Waals surface area (Å²) >= 11 is 0. The minimum atomic E-state index is -4.07. The highest BCUT2D eigenvalue weighted by molar-refractivity contribution is 7.90. The van der Waals surface area contributed by atoms with Crippen LogP contribution in [0.25, 0.3) is 0 Å². The van der Waals surface area contributed by atoms with E-state index >= 15 is 0 Å². The molecule has 0 spiro atoms. The number of likely N-dealkylation sites (N-methyl/N-ethyl adjacent to an activating group) is 1. The zero-order chi connectivity index (χ0) is 34.6. The molecule has 46 heavy (non-hydrogen) atoms. The van der Waals surface area contributed by atoms with Crippen LogP contribution in [-0.2, 0) is 30.8 Å². The van der Waals surface area contributed by atoms with E-state index < -0.39 is 39.7 Å². The van der Waals surface area contributed by atoms with Gasteiger partial charge in [-0.2, -0.15) is 0 Å². The fourth-order valence-corrected chi connectivity index (χ4v) is 7.83. The van der Waals surface area contributed by atoms with Crippen molar-refractivity contribution in [3.05, 3.63) is 22.3 Å². The Bertz CT molecular complexity index is 1460. The number of hydrogen-bond donors (Lipinski definition) is 5. The molecular weight excluding hydrogens is 610 g/mol. The van der Waals surface area contributed by atoms with Gasteiger partial charge in [-0.15, -0.1) is 0 Å². The molecule has 0 radical (unpaired) electrons. The van der Waals surface area contributed by atoms with Gasteiger partial charge in [0.15, 0.2) is 0 Å². The van der Waals surface area contributed by atoms with Crippen LogP contribution in [0.4, 0.5) is 0 Å². The van der Waals surface area contributed by atoms with Gasteiger partial charge >= 0.3 is 0 Å². The Morgan fingerprint density at radius 1 is 1.13 bits per heavy atom. The van der Waals surface area contributed by atoms with Gasteiger partial charge in [0.1, 0.15) is 23.4 Å². The quantitative estimate of drug-likeness (QED) is 0.119. The van der Waals surface area contributed by atoms with E-state index in [0.29, 0.717) is 56.3 Å². The fraction of sp³-hybridized carbons (Fsp3) is 0.688. The van der Waals surface area contributed by atoms with Crippen molar-refractivity contribution < 1.29 is 27.5 Å². The van der Waals surface area contributed by atoms with Crippen LogP contribution in [0.2, 0.25) is 0 Å². The van der Waals surface area contributed by atoms with Gasteiger partial charge in [0.2, 0.25) is 23.7 Å². The second-order valence-corrected chi connectivity index (χ2v) is 15.1. The number of guanidine groups is 1. The van der Waals surface area contributed by atoms with Gasteiger partial charge in [0.05, 0.1) is 10.9 Å². The van der Waals surface area contributed by atoms with Gasteiger partial charge in [-0.25, -0.2) is 13.1 Å². The summed E-state index contributed by atoms with van der Waals surface area (Å²) in [4.78, 5) is 45.1. The van der Waals surface area contributed by atoms with E-state index in [1.807, 2.05) is 41.5 Å². The minimum Gasteiger partial charge on any atom is -0.487 e. The first-order valence-electron chi connectivity index (χ1n) is 16.2. The van der Waals surface area contributed by atoms with E-state index in [9.17, 15) is 22.8 Å². The predicted octanol–water partition coefficient (Wildman–Crippen LogP) is 1.68. The zero-order valence-electron chi connectivity index (χ0n) is 28.6. The summed E-state index contributed by atoms with van der Waals surface area (Å²) < 4.78 is 35.5. The zero-order valence-corrected chi connectivity index (χ0v) is 29.4. The third kappa shape index (κ3) is 8.69. The molecule has 0 saturated carbocycles. The molecule has 2 heterocycles. The third-order valence-electron chi connectivity index (χ3n) is 8.60. The summed E-state index contributed by atoms with van der Waals surface area (Å²) in [5.74, 6) is -0.393. The van der Waals surface area contributed by atoms with Crippen molar-refractivity contribution in [2.75, 3.05) is 19.6 Å². The van der Waals surface area contributed by atoms with Crippen molar-refractivity contribution >= 4 is 33.7 Å². The van der Waals surface area contributed by atoms with Gasteiger partial charge in [-0.3, -0.25) is 19.4 Å². The number of carbonyl (C=O) groups excluding carboxylic acids is 3. The molecule has 3 amide bonds. The summed E-state index contributed by atoms with van der Waals surface area (Å²) in [7, 11) is -4.07. The lowest BCUT2D eigenvalue weighted by Gasteiger charge is -2.29. The van der Waals surface area contributed by atoms with Crippen molar-refractivity contribution in [2.45, 2.75) is 123 Å². The first-order chi connectivity index (χ1) is 21.4. The average molecular weight is 664 g/mol. The van der Waals surface area contributed by atoms with Crippen LogP contribution >= 0.6 is 0 Å².